The van der Waals surface area contributed by atoms with Crippen LogP contribution in [-0.4, -0.2) is 48.1 Å². The largest absolute Gasteiger partial charge is 0.456 e. The molecule has 5 heteroatoms. The number of ether oxygens (including phenoxy) is 2. The zero-order valence-corrected chi connectivity index (χ0v) is 9.82. The van der Waals surface area contributed by atoms with Gasteiger partial charge in [0, 0.05) is 7.11 Å². The molecular weight excluding hydrogens is 239 g/mol. The van der Waals surface area contributed by atoms with E-state index in [2.05, 4.69) is 32.4 Å². The van der Waals surface area contributed by atoms with Crippen LogP contribution in [0.2, 0.25) is 5.32 Å². The van der Waals surface area contributed by atoms with Gasteiger partial charge in [-0.05, 0) is 6.92 Å². The maximum absolute atomic E-state index is 10.6. The molecule has 0 aromatic heterocycles. The van der Waals surface area contributed by atoms with Crippen molar-refractivity contribution >= 4 is 28.3 Å². The molecule has 0 N–H and O–H groups in total. The third-order valence-corrected chi connectivity index (χ3v) is 0.979. The van der Waals surface area contributed by atoms with Crippen molar-refractivity contribution in [3.63, 3.8) is 0 Å². The number of hydrogen-bond acceptors (Lipinski definition) is 4. The van der Waals surface area contributed by atoms with E-state index in [1.54, 1.807) is 6.92 Å². The number of methoxy groups -OCH3 is 1. The average Bonchev–Trinajstić information content (AvgIpc) is 2.14. The van der Waals surface area contributed by atoms with E-state index in [9.17, 15) is 9.59 Å². The second kappa shape index (κ2) is 11.6. The quantitative estimate of drug-likeness (QED) is 0.413. The van der Waals surface area contributed by atoms with E-state index < -0.39 is 12.1 Å². The number of carbonyl (C=O) groups excluding carboxylic acids is 2. The Morgan fingerprint density at radius 1 is 1.62 bits per heavy atom. The van der Waals surface area contributed by atoms with Gasteiger partial charge in [-0.1, -0.05) is 0 Å². The molecule has 0 saturated carbocycles. The summed E-state index contributed by atoms with van der Waals surface area (Å²) in [6.45, 7) is 3.42. The molecule has 0 aromatic rings. The Morgan fingerprint density at radius 2 is 2.08 bits per heavy atom. The first-order valence-electron chi connectivity index (χ1n) is 3.85. The van der Waals surface area contributed by atoms with E-state index in [-0.39, 0.29) is 6.61 Å². The van der Waals surface area contributed by atoms with Crippen molar-refractivity contribution in [3.05, 3.63) is 0 Å². The Hall–Kier alpha value is -0.381. The van der Waals surface area contributed by atoms with Crippen molar-refractivity contribution in [2.45, 2.75) is 25.3 Å². The van der Waals surface area contributed by atoms with Gasteiger partial charge in [0.15, 0.2) is 12.4 Å². The van der Waals surface area contributed by atoms with Gasteiger partial charge in [-0.15, -0.1) is 0 Å². The van der Waals surface area contributed by atoms with Crippen molar-refractivity contribution in [3.8, 4) is 0 Å². The minimum absolute atomic E-state index is 0.202. The molecule has 0 aliphatic carbocycles. The van der Waals surface area contributed by atoms with Crippen LogP contribution in [0.3, 0.4) is 0 Å². The van der Waals surface area contributed by atoms with Crippen molar-refractivity contribution in [2.24, 2.45) is 0 Å². The zero-order valence-electron chi connectivity index (χ0n) is 8.11. The van der Waals surface area contributed by atoms with Crippen LogP contribution in [0, 0.1) is 0 Å². The van der Waals surface area contributed by atoms with Gasteiger partial charge < -0.3 is 9.47 Å². The van der Waals surface area contributed by atoms with Crippen molar-refractivity contribution in [2.75, 3.05) is 13.7 Å². The molecule has 0 aliphatic rings. The SMILES string of the molecule is CC[Se].COC(C)C(=O)OCC=O. The summed E-state index contributed by atoms with van der Waals surface area (Å²) < 4.78 is 9.03. The van der Waals surface area contributed by atoms with Gasteiger partial charge in [-0.2, -0.15) is 0 Å². The minimum atomic E-state index is -0.597. The van der Waals surface area contributed by atoms with Crippen LogP contribution >= 0.6 is 0 Å². The maximum atomic E-state index is 10.6. The number of aldehydes is 1. The first kappa shape index (κ1) is 15.1. The van der Waals surface area contributed by atoms with Gasteiger partial charge in [0.25, 0.3) is 0 Å². The molecule has 0 fully saturated rings. The van der Waals surface area contributed by atoms with E-state index in [1.165, 1.54) is 7.11 Å². The van der Waals surface area contributed by atoms with E-state index in [1.807, 2.05) is 0 Å². The van der Waals surface area contributed by atoms with Crippen LogP contribution in [0.5, 0.6) is 0 Å². The maximum Gasteiger partial charge on any atom is 0.335 e. The molecule has 0 saturated heterocycles. The molecule has 1 radical (unpaired) electrons. The summed E-state index contributed by atoms with van der Waals surface area (Å²) in [5.41, 5.74) is 0. The van der Waals surface area contributed by atoms with E-state index >= 15 is 0 Å². The van der Waals surface area contributed by atoms with Gasteiger partial charge in [0.2, 0.25) is 0 Å². The van der Waals surface area contributed by atoms with Crippen LogP contribution < -0.4 is 0 Å². The summed E-state index contributed by atoms with van der Waals surface area (Å²) in [4.78, 5) is 20.3. The number of esters is 1. The number of hydrogen-bond donors (Lipinski definition) is 0. The molecule has 0 spiro atoms. The number of rotatable bonds is 4. The fourth-order valence-corrected chi connectivity index (χ4v) is 0.330. The van der Waals surface area contributed by atoms with Crippen LogP contribution in [0.4, 0.5) is 0 Å². The van der Waals surface area contributed by atoms with Crippen molar-refractivity contribution in [1.82, 2.24) is 0 Å². The molecule has 13 heavy (non-hydrogen) atoms. The van der Waals surface area contributed by atoms with Gasteiger partial charge in [0.05, 0.1) is 0 Å². The Balaban J connectivity index is 0. The minimum Gasteiger partial charge on any atom is -0.456 e. The number of carbonyl (C=O) groups is 2. The molecule has 1 atom stereocenters. The molecular formula is C8H15O4Se. The molecule has 4 nitrogen and oxygen atoms in total. The monoisotopic (exact) mass is 255 g/mol. The molecule has 0 bridgehead atoms. The van der Waals surface area contributed by atoms with E-state index in [0.717, 1.165) is 5.32 Å². The Kier molecular flexibility index (Phi) is 13.5. The summed E-state index contributed by atoms with van der Waals surface area (Å²) >= 11 is 2.81. The average molecular weight is 254 g/mol. The Bertz CT molecular complexity index is 138. The van der Waals surface area contributed by atoms with E-state index in [0.29, 0.717) is 6.29 Å². The molecule has 0 amide bonds. The summed E-state index contributed by atoms with van der Waals surface area (Å²) in [5, 5.41) is 1.12. The van der Waals surface area contributed by atoms with Crippen molar-refractivity contribution < 1.29 is 19.1 Å². The van der Waals surface area contributed by atoms with Crippen LogP contribution in [-0.2, 0) is 19.1 Å². The molecule has 0 rings (SSSR count). The summed E-state index contributed by atoms with van der Waals surface area (Å²) in [6, 6.07) is 0. The predicted octanol–water partition coefficient (Wildman–Crippen LogP) is 0.356. The van der Waals surface area contributed by atoms with Gasteiger partial charge in [0.1, 0.15) is 6.61 Å². The van der Waals surface area contributed by atoms with Gasteiger partial charge in [-0.25, -0.2) is 4.79 Å². The normalized spacial score (nSPS) is 10.8. The molecule has 0 aliphatic heterocycles. The fraction of sp³-hybridized carbons (Fsp3) is 0.750. The van der Waals surface area contributed by atoms with Crippen LogP contribution in [0.15, 0.2) is 0 Å². The van der Waals surface area contributed by atoms with Gasteiger partial charge in [-0.3, -0.25) is 4.79 Å². The molecule has 0 aromatic carbocycles. The third kappa shape index (κ3) is 11.6. The van der Waals surface area contributed by atoms with Crippen molar-refractivity contribution in [1.29, 1.82) is 0 Å². The summed E-state index contributed by atoms with van der Waals surface area (Å²) in [6.07, 6.45) is -0.0831. The smallest absolute Gasteiger partial charge is 0.335 e. The zero-order chi connectivity index (χ0) is 10.7. The second-order valence-electron chi connectivity index (χ2n) is 1.96. The fourth-order valence-electron chi connectivity index (χ4n) is 0.330. The second-order valence-corrected chi connectivity index (χ2v) is 3.17. The van der Waals surface area contributed by atoms with E-state index in [4.69, 9.17) is 0 Å². The first-order valence-corrected chi connectivity index (χ1v) is 5.06. The summed E-state index contributed by atoms with van der Waals surface area (Å²) in [5.74, 6) is -0.519. The van der Waals surface area contributed by atoms with Crippen LogP contribution in [0.25, 0.3) is 0 Å². The first-order chi connectivity index (χ1) is 6.13. The topological polar surface area (TPSA) is 52.6 Å². The third-order valence-electron chi connectivity index (χ3n) is 0.979. The predicted molar refractivity (Wildman–Crippen MR) is 49.7 cm³/mol. The molecule has 0 heterocycles. The summed E-state index contributed by atoms with van der Waals surface area (Å²) in [7, 11) is 1.40. The Labute approximate surface area is 86.8 Å². The standard InChI is InChI=1S/C6H10O4.C2H5Se/c1-5(9-2)6(8)10-4-3-7;1-2-3/h3,5H,4H2,1-2H3;2H2,1H3. The Morgan fingerprint density at radius 3 is 2.38 bits per heavy atom. The molecule has 77 valence electrons. The molecule has 1 unspecified atom stereocenters. The van der Waals surface area contributed by atoms with Gasteiger partial charge >= 0.3 is 34.2 Å². The van der Waals surface area contributed by atoms with Crippen LogP contribution in [0.1, 0.15) is 13.8 Å².